The molecule has 0 aliphatic heterocycles. The van der Waals surface area contributed by atoms with E-state index in [0.29, 0.717) is 34.3 Å². The number of benzene rings is 3. The number of ether oxygens (including phenoxy) is 1. The highest BCUT2D eigenvalue weighted by Gasteiger charge is 2.15. The molecule has 0 saturated heterocycles. The predicted molar refractivity (Wildman–Crippen MR) is 121 cm³/mol. The summed E-state index contributed by atoms with van der Waals surface area (Å²) >= 11 is 0. The van der Waals surface area contributed by atoms with Crippen LogP contribution in [0.3, 0.4) is 0 Å². The van der Waals surface area contributed by atoms with Gasteiger partial charge in [-0.3, -0.25) is 9.78 Å². The van der Waals surface area contributed by atoms with Crippen molar-refractivity contribution in [1.82, 2.24) is 4.98 Å². The summed E-state index contributed by atoms with van der Waals surface area (Å²) in [5.74, 6) is -0.932. The largest absolute Gasteiger partial charge is 0.452 e. The van der Waals surface area contributed by atoms with Gasteiger partial charge in [-0.2, -0.15) is 0 Å². The van der Waals surface area contributed by atoms with Crippen LogP contribution in [0.2, 0.25) is 0 Å². The van der Waals surface area contributed by atoms with Crippen molar-refractivity contribution in [2.45, 2.75) is 13.3 Å². The second-order valence-corrected chi connectivity index (χ2v) is 7.27. The number of esters is 1. The van der Waals surface area contributed by atoms with Gasteiger partial charge in [0.25, 0.3) is 5.91 Å². The molecule has 0 bridgehead atoms. The van der Waals surface area contributed by atoms with Gasteiger partial charge in [-0.1, -0.05) is 66.7 Å². The smallest absolute Gasteiger partial charge is 0.339 e. The van der Waals surface area contributed by atoms with Gasteiger partial charge in [0.15, 0.2) is 6.61 Å². The summed E-state index contributed by atoms with van der Waals surface area (Å²) in [5, 5.41) is 3.56. The summed E-state index contributed by atoms with van der Waals surface area (Å²) in [5.41, 5.74) is 4.68. The lowest BCUT2D eigenvalue weighted by molar-refractivity contribution is -0.119. The van der Waals surface area contributed by atoms with Crippen molar-refractivity contribution in [3.05, 3.63) is 107 Å². The number of amides is 1. The van der Waals surface area contributed by atoms with Gasteiger partial charge in [0, 0.05) is 16.8 Å². The third-order valence-electron chi connectivity index (χ3n) is 4.93. The molecule has 5 nitrogen and oxygen atoms in total. The van der Waals surface area contributed by atoms with Gasteiger partial charge >= 0.3 is 5.97 Å². The maximum atomic E-state index is 12.6. The van der Waals surface area contributed by atoms with E-state index in [9.17, 15) is 9.59 Å². The number of hydrogen-bond donors (Lipinski definition) is 1. The maximum Gasteiger partial charge on any atom is 0.339 e. The van der Waals surface area contributed by atoms with Crippen molar-refractivity contribution in [3.8, 4) is 0 Å². The van der Waals surface area contributed by atoms with E-state index in [0.717, 1.165) is 11.1 Å². The zero-order chi connectivity index (χ0) is 21.6. The van der Waals surface area contributed by atoms with E-state index in [1.54, 1.807) is 6.07 Å². The Hall–Kier alpha value is -3.99. The zero-order valence-corrected chi connectivity index (χ0v) is 17.2. The number of anilines is 1. The molecule has 0 fully saturated rings. The molecule has 0 saturated carbocycles. The van der Waals surface area contributed by atoms with Crippen molar-refractivity contribution < 1.29 is 14.3 Å². The fourth-order valence-corrected chi connectivity index (χ4v) is 3.48. The molecule has 1 amide bonds. The van der Waals surface area contributed by atoms with Crippen LogP contribution in [-0.4, -0.2) is 23.5 Å². The Kier molecular flexibility index (Phi) is 6.03. The van der Waals surface area contributed by atoms with Crippen LogP contribution in [0.1, 0.15) is 27.2 Å². The number of aryl methyl sites for hydroxylation is 1. The van der Waals surface area contributed by atoms with Gasteiger partial charge in [0.2, 0.25) is 0 Å². The number of rotatable bonds is 6. The molecule has 0 aliphatic rings. The summed E-state index contributed by atoms with van der Waals surface area (Å²) in [6.45, 7) is 1.45. The average Bonchev–Trinajstić information content (AvgIpc) is 2.79. The molecule has 0 radical (unpaired) electrons. The fraction of sp³-hybridized carbons (Fsp3) is 0.115. The number of aromatic nitrogens is 1. The molecule has 0 aliphatic carbocycles. The standard InChI is InChI=1S/C26H22N2O3/c1-18-15-22(21-12-6-8-14-24(21)27-18)26(30)31-17-25(29)28-23-13-7-5-11-20(23)16-19-9-3-2-4-10-19/h2-15H,16-17H2,1H3,(H,28,29). The van der Waals surface area contributed by atoms with E-state index in [-0.39, 0.29) is 12.5 Å². The van der Waals surface area contributed by atoms with Crippen molar-refractivity contribution in [3.63, 3.8) is 0 Å². The molecule has 4 rings (SSSR count). The highest BCUT2D eigenvalue weighted by atomic mass is 16.5. The Morgan fingerprint density at radius 1 is 0.903 bits per heavy atom. The summed E-state index contributed by atoms with van der Waals surface area (Å²) < 4.78 is 5.30. The number of hydrogen-bond acceptors (Lipinski definition) is 4. The van der Waals surface area contributed by atoms with Gasteiger partial charge in [0.1, 0.15) is 0 Å². The molecular weight excluding hydrogens is 388 g/mol. The molecule has 0 spiro atoms. The number of carbonyl (C=O) groups excluding carboxylic acids is 2. The van der Waals surface area contributed by atoms with Crippen LogP contribution < -0.4 is 5.32 Å². The Morgan fingerprint density at radius 3 is 2.45 bits per heavy atom. The topological polar surface area (TPSA) is 68.3 Å². The molecule has 154 valence electrons. The average molecular weight is 410 g/mol. The van der Waals surface area contributed by atoms with Crippen LogP contribution in [-0.2, 0) is 16.0 Å². The first kappa shape index (κ1) is 20.3. The van der Waals surface area contributed by atoms with E-state index >= 15 is 0 Å². The fourth-order valence-electron chi connectivity index (χ4n) is 3.48. The van der Waals surface area contributed by atoms with Crippen LogP contribution in [0.15, 0.2) is 84.9 Å². The molecule has 4 aromatic rings. The van der Waals surface area contributed by atoms with Crippen LogP contribution in [0, 0.1) is 6.92 Å². The quantitative estimate of drug-likeness (QED) is 0.458. The second-order valence-electron chi connectivity index (χ2n) is 7.27. The molecule has 0 atom stereocenters. The lowest BCUT2D eigenvalue weighted by Gasteiger charge is -2.12. The van der Waals surface area contributed by atoms with Crippen molar-refractivity contribution in [2.24, 2.45) is 0 Å². The Bertz CT molecular complexity index is 1240. The molecule has 1 heterocycles. The Labute approximate surface area is 180 Å². The molecule has 1 N–H and O–H groups in total. The van der Waals surface area contributed by atoms with Crippen LogP contribution in [0.25, 0.3) is 10.9 Å². The maximum absolute atomic E-state index is 12.6. The molecule has 5 heteroatoms. The minimum absolute atomic E-state index is 0.367. The van der Waals surface area contributed by atoms with Gasteiger partial charge in [-0.25, -0.2) is 4.79 Å². The lowest BCUT2D eigenvalue weighted by Crippen LogP contribution is -2.21. The van der Waals surface area contributed by atoms with Crippen molar-refractivity contribution in [2.75, 3.05) is 11.9 Å². The number of para-hydroxylation sites is 2. The van der Waals surface area contributed by atoms with Crippen LogP contribution >= 0.6 is 0 Å². The number of nitrogens with zero attached hydrogens (tertiary/aromatic N) is 1. The summed E-state index contributed by atoms with van der Waals surface area (Å²) in [6.07, 6.45) is 0.694. The summed E-state index contributed by atoms with van der Waals surface area (Å²) in [4.78, 5) is 29.6. The molecule has 3 aromatic carbocycles. The molecule has 1 aromatic heterocycles. The number of fused-ring (bicyclic) bond motifs is 1. The zero-order valence-electron chi connectivity index (χ0n) is 17.2. The van der Waals surface area contributed by atoms with E-state index < -0.39 is 5.97 Å². The Morgan fingerprint density at radius 2 is 1.61 bits per heavy atom. The predicted octanol–water partition coefficient (Wildman–Crippen LogP) is 4.93. The van der Waals surface area contributed by atoms with Gasteiger partial charge < -0.3 is 10.1 Å². The van der Waals surface area contributed by atoms with Crippen LogP contribution in [0.4, 0.5) is 5.69 Å². The normalized spacial score (nSPS) is 10.6. The van der Waals surface area contributed by atoms with E-state index in [4.69, 9.17) is 4.74 Å². The van der Waals surface area contributed by atoms with Crippen LogP contribution in [0.5, 0.6) is 0 Å². The summed E-state index contributed by atoms with van der Waals surface area (Å²) in [7, 11) is 0. The second kappa shape index (κ2) is 9.22. The van der Waals surface area contributed by atoms with Gasteiger partial charge in [-0.05, 0) is 42.7 Å². The number of pyridine rings is 1. The van der Waals surface area contributed by atoms with E-state index in [1.807, 2.05) is 85.8 Å². The SMILES string of the molecule is Cc1cc(C(=O)OCC(=O)Nc2ccccc2Cc2ccccc2)c2ccccc2n1. The minimum Gasteiger partial charge on any atom is -0.452 e. The first-order valence-corrected chi connectivity index (χ1v) is 10.1. The first-order valence-electron chi connectivity index (χ1n) is 10.1. The third-order valence-corrected chi connectivity index (χ3v) is 4.93. The van der Waals surface area contributed by atoms with E-state index in [1.165, 1.54) is 0 Å². The Balaban J connectivity index is 1.43. The summed E-state index contributed by atoms with van der Waals surface area (Å²) in [6, 6.07) is 26.7. The monoisotopic (exact) mass is 410 g/mol. The highest BCUT2D eigenvalue weighted by Crippen LogP contribution is 2.20. The minimum atomic E-state index is -0.547. The van der Waals surface area contributed by atoms with Gasteiger partial charge in [0.05, 0.1) is 11.1 Å². The highest BCUT2D eigenvalue weighted by molar-refractivity contribution is 6.04. The molecule has 0 unspecified atom stereocenters. The van der Waals surface area contributed by atoms with Gasteiger partial charge in [-0.15, -0.1) is 0 Å². The number of nitrogens with one attached hydrogen (secondary N) is 1. The molecular formula is C26H22N2O3. The first-order chi connectivity index (χ1) is 15.1. The lowest BCUT2D eigenvalue weighted by atomic mass is 10.0. The molecule has 31 heavy (non-hydrogen) atoms. The number of carbonyl (C=O) groups is 2. The van der Waals surface area contributed by atoms with Crippen molar-refractivity contribution in [1.29, 1.82) is 0 Å². The third kappa shape index (κ3) is 4.95. The van der Waals surface area contributed by atoms with Crippen molar-refractivity contribution >= 4 is 28.5 Å². The van der Waals surface area contributed by atoms with E-state index in [2.05, 4.69) is 10.3 Å².